The number of hydrogen-bond donors (Lipinski definition) is 1. The first kappa shape index (κ1) is 22.6. The lowest BCUT2D eigenvalue weighted by Crippen LogP contribution is -2.41. The van der Waals surface area contributed by atoms with Crippen LogP contribution in [-0.4, -0.2) is 42.3 Å². The summed E-state index contributed by atoms with van der Waals surface area (Å²) in [7, 11) is -0.597. The van der Waals surface area contributed by atoms with Crippen molar-refractivity contribution in [1.29, 1.82) is 0 Å². The fourth-order valence-electron chi connectivity index (χ4n) is 3.46. The number of hydrogen-bond acceptors (Lipinski definition) is 5. The highest BCUT2D eigenvalue weighted by Gasteiger charge is 2.52. The fraction of sp³-hybridized carbons (Fsp3) is 0.565. The number of alkyl carbamates (subject to hydrolysis) is 1. The van der Waals surface area contributed by atoms with Crippen molar-refractivity contribution >= 4 is 25.1 Å². The van der Waals surface area contributed by atoms with Gasteiger partial charge in [-0.3, -0.25) is 4.79 Å². The van der Waals surface area contributed by atoms with Crippen LogP contribution in [0.25, 0.3) is 6.08 Å². The highest BCUT2D eigenvalue weighted by molar-refractivity contribution is 6.56. The van der Waals surface area contributed by atoms with Gasteiger partial charge in [-0.05, 0) is 71.5 Å². The van der Waals surface area contributed by atoms with E-state index in [1.54, 1.807) is 0 Å². The van der Waals surface area contributed by atoms with Crippen molar-refractivity contribution < 1.29 is 23.6 Å². The summed E-state index contributed by atoms with van der Waals surface area (Å²) >= 11 is 0. The second-order valence-electron chi connectivity index (χ2n) is 10.0. The highest BCUT2D eigenvalue weighted by atomic mass is 16.7. The fourth-order valence-corrected chi connectivity index (χ4v) is 3.46. The van der Waals surface area contributed by atoms with Crippen molar-refractivity contribution in [3.05, 3.63) is 40.4 Å². The van der Waals surface area contributed by atoms with Gasteiger partial charge in [0.05, 0.1) is 11.2 Å². The number of ether oxygens (including phenoxy) is 1. The van der Waals surface area contributed by atoms with E-state index in [4.69, 9.17) is 14.0 Å². The summed E-state index contributed by atoms with van der Waals surface area (Å²) in [6.07, 6.45) is 2.79. The van der Waals surface area contributed by atoms with Gasteiger partial charge in [-0.15, -0.1) is 0 Å². The third kappa shape index (κ3) is 4.95. The molecular formula is C23H32BNO5. The molecule has 1 aliphatic carbocycles. The molecule has 1 N–H and O–H groups in total. The molecule has 0 aromatic heterocycles. The lowest BCUT2D eigenvalue weighted by molar-refractivity contribution is 0.00578. The molecular weight excluding hydrogens is 381 g/mol. The molecule has 1 amide bonds. The first-order valence-electron chi connectivity index (χ1n) is 10.5. The Balaban J connectivity index is 1.85. The van der Waals surface area contributed by atoms with Crippen LogP contribution in [0.5, 0.6) is 0 Å². The van der Waals surface area contributed by atoms with Gasteiger partial charge in [0.15, 0.2) is 5.78 Å². The molecule has 0 radical (unpaired) electrons. The van der Waals surface area contributed by atoms with Crippen molar-refractivity contribution in [3.8, 4) is 0 Å². The molecule has 0 saturated carbocycles. The molecule has 1 heterocycles. The Hall–Kier alpha value is -2.12. The summed E-state index contributed by atoms with van der Waals surface area (Å²) in [4.78, 5) is 24.1. The van der Waals surface area contributed by atoms with Crippen LogP contribution in [-0.2, 0) is 20.5 Å². The summed E-state index contributed by atoms with van der Waals surface area (Å²) in [5.74, 6) is 0.193. The molecule has 0 unspecified atom stereocenters. The highest BCUT2D eigenvalue weighted by Crippen LogP contribution is 2.39. The van der Waals surface area contributed by atoms with Crippen LogP contribution in [0.4, 0.5) is 4.79 Å². The molecule has 0 bridgehead atoms. The third-order valence-corrected chi connectivity index (χ3v) is 5.79. The Kier molecular flexibility index (Phi) is 5.91. The molecule has 2 aliphatic rings. The quantitative estimate of drug-likeness (QED) is 0.743. The van der Waals surface area contributed by atoms with E-state index in [1.165, 1.54) is 0 Å². The molecule has 0 atom stereocenters. The standard InChI is InChI=1S/C23H32BNO5/c1-21(2,3)28-20(27)25-14-17(24-29-22(4,5)23(6,7)30-24)13-15-8-10-18-16(12-15)9-11-19(18)26/h8,10,12-13H,9,11,14H2,1-7H3,(H,25,27). The van der Waals surface area contributed by atoms with Gasteiger partial charge in [-0.2, -0.15) is 0 Å². The molecule has 30 heavy (non-hydrogen) atoms. The molecule has 7 heteroatoms. The average molecular weight is 413 g/mol. The van der Waals surface area contributed by atoms with E-state index in [9.17, 15) is 9.59 Å². The zero-order chi connectivity index (χ0) is 22.3. The number of Topliss-reactive ketones (excluding diaryl/α,β-unsaturated/α-hetero) is 1. The Morgan fingerprint density at radius 1 is 1.17 bits per heavy atom. The SMILES string of the molecule is CC(C)(C)OC(=O)NCC(=Cc1ccc2c(c1)CCC2=O)B1OC(C)(C)C(C)(C)O1. The van der Waals surface area contributed by atoms with Crippen molar-refractivity contribution in [1.82, 2.24) is 5.32 Å². The minimum Gasteiger partial charge on any atom is -0.444 e. The van der Waals surface area contributed by atoms with Crippen molar-refractivity contribution in [2.45, 2.75) is 78.1 Å². The molecule has 0 spiro atoms. The van der Waals surface area contributed by atoms with Crippen LogP contribution in [0.3, 0.4) is 0 Å². The first-order chi connectivity index (χ1) is 13.8. The number of aryl methyl sites for hydroxylation is 1. The summed E-state index contributed by atoms with van der Waals surface area (Å²) in [5.41, 5.74) is 2.02. The van der Waals surface area contributed by atoms with Crippen molar-refractivity contribution in [2.75, 3.05) is 6.54 Å². The van der Waals surface area contributed by atoms with Gasteiger partial charge < -0.3 is 19.4 Å². The summed E-state index contributed by atoms with van der Waals surface area (Å²) in [6, 6.07) is 5.82. The predicted molar refractivity (Wildman–Crippen MR) is 117 cm³/mol. The molecule has 1 aliphatic heterocycles. The average Bonchev–Trinajstić information content (AvgIpc) is 3.06. The topological polar surface area (TPSA) is 73.9 Å². The van der Waals surface area contributed by atoms with Crippen LogP contribution < -0.4 is 5.32 Å². The van der Waals surface area contributed by atoms with E-state index in [-0.39, 0.29) is 12.3 Å². The number of fused-ring (bicyclic) bond motifs is 1. The summed E-state index contributed by atoms with van der Waals surface area (Å²) in [5, 5.41) is 2.81. The first-order valence-corrected chi connectivity index (χ1v) is 10.5. The maximum Gasteiger partial charge on any atom is 0.492 e. The monoisotopic (exact) mass is 413 g/mol. The Labute approximate surface area is 179 Å². The molecule has 1 aromatic carbocycles. The number of amides is 1. The van der Waals surface area contributed by atoms with Gasteiger partial charge in [0.25, 0.3) is 0 Å². The lowest BCUT2D eigenvalue weighted by Gasteiger charge is -2.32. The molecule has 3 rings (SSSR count). The van der Waals surface area contributed by atoms with Crippen LogP contribution in [0.2, 0.25) is 0 Å². The lowest BCUT2D eigenvalue weighted by atomic mass is 9.77. The number of carbonyl (C=O) groups excluding carboxylic acids is 2. The van der Waals surface area contributed by atoms with Gasteiger partial charge in [0.2, 0.25) is 0 Å². The van der Waals surface area contributed by atoms with E-state index in [1.807, 2.05) is 72.7 Å². The summed E-state index contributed by atoms with van der Waals surface area (Å²) in [6.45, 7) is 13.7. The van der Waals surface area contributed by atoms with E-state index in [2.05, 4.69) is 5.32 Å². The largest absolute Gasteiger partial charge is 0.492 e. The number of nitrogens with one attached hydrogen (secondary N) is 1. The van der Waals surface area contributed by atoms with Crippen LogP contribution in [0, 0.1) is 0 Å². The van der Waals surface area contributed by atoms with Gasteiger partial charge in [0, 0.05) is 18.5 Å². The van der Waals surface area contributed by atoms with E-state index >= 15 is 0 Å². The van der Waals surface area contributed by atoms with E-state index in [0.717, 1.165) is 28.6 Å². The molecule has 6 nitrogen and oxygen atoms in total. The second-order valence-corrected chi connectivity index (χ2v) is 10.0. The number of rotatable bonds is 4. The van der Waals surface area contributed by atoms with Gasteiger partial charge in [0.1, 0.15) is 5.60 Å². The van der Waals surface area contributed by atoms with E-state index in [0.29, 0.717) is 6.42 Å². The van der Waals surface area contributed by atoms with E-state index < -0.39 is 30.0 Å². The third-order valence-electron chi connectivity index (χ3n) is 5.79. The second kappa shape index (κ2) is 7.86. The summed E-state index contributed by atoms with van der Waals surface area (Å²) < 4.78 is 17.8. The minimum absolute atomic E-state index is 0.193. The van der Waals surface area contributed by atoms with Gasteiger partial charge >= 0.3 is 13.2 Å². The molecule has 1 aromatic rings. The smallest absolute Gasteiger partial charge is 0.444 e. The number of carbonyl (C=O) groups is 2. The molecule has 1 fully saturated rings. The Morgan fingerprint density at radius 3 is 2.40 bits per heavy atom. The maximum atomic E-state index is 12.2. The van der Waals surface area contributed by atoms with Crippen LogP contribution in [0.15, 0.2) is 23.7 Å². The zero-order valence-electron chi connectivity index (χ0n) is 19.0. The Morgan fingerprint density at radius 2 is 1.80 bits per heavy atom. The van der Waals surface area contributed by atoms with Crippen molar-refractivity contribution in [3.63, 3.8) is 0 Å². The normalized spacial score (nSPS) is 20.3. The number of ketones is 1. The molecule has 162 valence electrons. The zero-order valence-corrected chi connectivity index (χ0v) is 19.0. The van der Waals surface area contributed by atoms with Gasteiger partial charge in [-0.1, -0.05) is 24.3 Å². The molecule has 1 saturated heterocycles. The predicted octanol–water partition coefficient (Wildman–Crippen LogP) is 4.36. The van der Waals surface area contributed by atoms with Crippen LogP contribution in [0.1, 0.15) is 76.4 Å². The minimum atomic E-state index is -0.597. The van der Waals surface area contributed by atoms with Crippen molar-refractivity contribution in [2.24, 2.45) is 0 Å². The number of benzene rings is 1. The van der Waals surface area contributed by atoms with Crippen LogP contribution >= 0.6 is 0 Å². The maximum absolute atomic E-state index is 12.2. The Bertz CT molecular complexity index is 866. The van der Waals surface area contributed by atoms with Gasteiger partial charge in [-0.25, -0.2) is 4.79 Å².